The van der Waals surface area contributed by atoms with Gasteiger partial charge >= 0.3 is 0 Å². The SMILES string of the molecule is CCCSCCCNC(=O)Cn1nc(C)n2cccc2c1=O. The molecule has 7 heteroatoms. The lowest BCUT2D eigenvalue weighted by molar-refractivity contribution is -0.121. The molecule has 2 heterocycles. The van der Waals surface area contributed by atoms with Gasteiger partial charge in [0, 0.05) is 12.7 Å². The summed E-state index contributed by atoms with van der Waals surface area (Å²) in [6.07, 6.45) is 3.90. The second kappa shape index (κ2) is 8.03. The van der Waals surface area contributed by atoms with Crippen molar-refractivity contribution in [1.82, 2.24) is 19.5 Å². The van der Waals surface area contributed by atoms with E-state index in [9.17, 15) is 9.59 Å². The van der Waals surface area contributed by atoms with Gasteiger partial charge in [-0.2, -0.15) is 16.9 Å². The number of nitrogens with one attached hydrogen (secondary N) is 1. The summed E-state index contributed by atoms with van der Waals surface area (Å²) in [5.41, 5.74) is 0.292. The van der Waals surface area contributed by atoms with Crippen LogP contribution in [0.4, 0.5) is 0 Å². The van der Waals surface area contributed by atoms with E-state index in [0.29, 0.717) is 17.9 Å². The van der Waals surface area contributed by atoms with Gasteiger partial charge < -0.3 is 5.32 Å². The summed E-state index contributed by atoms with van der Waals surface area (Å²) in [4.78, 5) is 24.1. The Hall–Kier alpha value is -1.76. The van der Waals surface area contributed by atoms with Gasteiger partial charge in [-0.25, -0.2) is 4.68 Å². The van der Waals surface area contributed by atoms with Crippen molar-refractivity contribution in [3.63, 3.8) is 0 Å². The van der Waals surface area contributed by atoms with Crippen molar-refractivity contribution in [1.29, 1.82) is 0 Å². The van der Waals surface area contributed by atoms with Gasteiger partial charge in [-0.05, 0) is 43.4 Å². The number of amides is 1. The summed E-state index contributed by atoms with van der Waals surface area (Å²) in [5, 5.41) is 7.02. The van der Waals surface area contributed by atoms with E-state index in [4.69, 9.17) is 0 Å². The zero-order chi connectivity index (χ0) is 15.9. The van der Waals surface area contributed by atoms with Crippen LogP contribution in [0, 0.1) is 6.92 Å². The van der Waals surface area contributed by atoms with E-state index in [1.165, 1.54) is 11.1 Å². The van der Waals surface area contributed by atoms with Crippen LogP contribution in [-0.4, -0.2) is 38.1 Å². The molecular formula is C15H22N4O2S. The number of hydrogen-bond acceptors (Lipinski definition) is 4. The molecule has 2 rings (SSSR count). The van der Waals surface area contributed by atoms with Gasteiger partial charge in [0.15, 0.2) is 0 Å². The molecule has 120 valence electrons. The number of aromatic nitrogens is 3. The topological polar surface area (TPSA) is 68.4 Å². The van der Waals surface area contributed by atoms with Crippen LogP contribution in [0.25, 0.3) is 5.52 Å². The molecule has 0 aromatic carbocycles. The molecule has 22 heavy (non-hydrogen) atoms. The van der Waals surface area contributed by atoms with Gasteiger partial charge in [-0.3, -0.25) is 14.0 Å². The number of carbonyl (C=O) groups excluding carboxylic acids is 1. The molecule has 2 aromatic rings. The number of aryl methyl sites for hydroxylation is 1. The molecule has 6 nitrogen and oxygen atoms in total. The minimum absolute atomic E-state index is 0.0382. The summed E-state index contributed by atoms with van der Waals surface area (Å²) in [7, 11) is 0. The van der Waals surface area contributed by atoms with E-state index in [1.807, 2.05) is 18.7 Å². The van der Waals surface area contributed by atoms with Crippen LogP contribution in [0.3, 0.4) is 0 Å². The van der Waals surface area contributed by atoms with E-state index >= 15 is 0 Å². The van der Waals surface area contributed by atoms with Gasteiger partial charge in [-0.15, -0.1) is 0 Å². The standard InChI is InChI=1S/C15H22N4O2S/c1-3-9-22-10-5-7-16-14(20)11-19-15(21)13-6-4-8-18(13)12(2)17-19/h4,6,8H,3,5,7,9-11H2,1-2H3,(H,16,20). The Labute approximate surface area is 133 Å². The Kier molecular flexibility index (Phi) is 6.06. The highest BCUT2D eigenvalue weighted by molar-refractivity contribution is 7.99. The lowest BCUT2D eigenvalue weighted by Crippen LogP contribution is -2.35. The van der Waals surface area contributed by atoms with Crippen LogP contribution in [0.15, 0.2) is 23.1 Å². The zero-order valence-corrected chi connectivity index (χ0v) is 13.9. The van der Waals surface area contributed by atoms with E-state index in [2.05, 4.69) is 17.3 Å². The molecule has 0 bridgehead atoms. The number of rotatable bonds is 8. The molecule has 0 atom stereocenters. The molecule has 0 aliphatic rings. The lowest BCUT2D eigenvalue weighted by atomic mass is 10.4. The fourth-order valence-electron chi connectivity index (χ4n) is 2.19. The van der Waals surface area contributed by atoms with Gasteiger partial charge in [0.05, 0.1) is 0 Å². The molecule has 0 aliphatic carbocycles. The maximum atomic E-state index is 12.2. The first-order chi connectivity index (χ1) is 10.6. The molecule has 1 amide bonds. The van der Waals surface area contributed by atoms with Crippen molar-refractivity contribution in [3.05, 3.63) is 34.5 Å². The third kappa shape index (κ3) is 4.13. The van der Waals surface area contributed by atoms with Gasteiger partial charge in [0.25, 0.3) is 5.56 Å². The molecule has 0 spiro atoms. The maximum absolute atomic E-state index is 12.2. The third-order valence-electron chi connectivity index (χ3n) is 3.25. The van der Waals surface area contributed by atoms with Crippen LogP contribution in [-0.2, 0) is 11.3 Å². The molecule has 1 N–H and O–H groups in total. The number of fused-ring (bicyclic) bond motifs is 1. The van der Waals surface area contributed by atoms with Gasteiger partial charge in [0.2, 0.25) is 5.91 Å². The second-order valence-corrected chi connectivity index (χ2v) is 6.31. The predicted molar refractivity (Wildman–Crippen MR) is 89.4 cm³/mol. The first kappa shape index (κ1) is 16.6. The second-order valence-electron chi connectivity index (χ2n) is 5.09. The van der Waals surface area contributed by atoms with E-state index < -0.39 is 0 Å². The number of hydrogen-bond donors (Lipinski definition) is 1. The molecule has 2 aromatic heterocycles. The Bertz CT molecular complexity index is 692. The largest absolute Gasteiger partial charge is 0.354 e. The van der Waals surface area contributed by atoms with Crippen LogP contribution in [0.1, 0.15) is 25.6 Å². The molecule has 0 radical (unpaired) electrons. The smallest absolute Gasteiger partial charge is 0.291 e. The summed E-state index contributed by atoms with van der Waals surface area (Å²) in [5.74, 6) is 2.71. The first-order valence-electron chi connectivity index (χ1n) is 7.52. The van der Waals surface area contributed by atoms with Crippen molar-refractivity contribution in [2.75, 3.05) is 18.1 Å². The van der Waals surface area contributed by atoms with Crippen LogP contribution >= 0.6 is 11.8 Å². The van der Waals surface area contributed by atoms with E-state index in [-0.39, 0.29) is 18.0 Å². The maximum Gasteiger partial charge on any atom is 0.291 e. The first-order valence-corrected chi connectivity index (χ1v) is 8.68. The van der Waals surface area contributed by atoms with Crippen molar-refractivity contribution >= 4 is 23.2 Å². The van der Waals surface area contributed by atoms with Gasteiger partial charge in [0.1, 0.15) is 17.9 Å². The minimum Gasteiger partial charge on any atom is -0.354 e. The number of nitrogens with zero attached hydrogens (tertiary/aromatic N) is 3. The Morgan fingerprint density at radius 3 is 3.00 bits per heavy atom. The van der Waals surface area contributed by atoms with E-state index in [0.717, 1.165) is 17.9 Å². The van der Waals surface area contributed by atoms with Crippen molar-refractivity contribution < 1.29 is 4.79 Å². The van der Waals surface area contributed by atoms with Crippen LogP contribution in [0.5, 0.6) is 0 Å². The summed E-state index contributed by atoms with van der Waals surface area (Å²) < 4.78 is 2.95. The van der Waals surface area contributed by atoms with Crippen molar-refractivity contribution in [3.8, 4) is 0 Å². The fraction of sp³-hybridized carbons (Fsp3) is 0.533. The Morgan fingerprint density at radius 2 is 2.23 bits per heavy atom. The molecule has 0 aliphatic heterocycles. The summed E-state index contributed by atoms with van der Waals surface area (Å²) >= 11 is 1.89. The molecule has 0 saturated carbocycles. The summed E-state index contributed by atoms with van der Waals surface area (Å²) in [6, 6.07) is 3.53. The van der Waals surface area contributed by atoms with E-state index in [1.54, 1.807) is 22.7 Å². The highest BCUT2D eigenvalue weighted by Crippen LogP contribution is 2.03. The lowest BCUT2D eigenvalue weighted by Gasteiger charge is -2.08. The number of carbonyl (C=O) groups is 1. The predicted octanol–water partition coefficient (Wildman–Crippen LogP) is 1.45. The van der Waals surface area contributed by atoms with Gasteiger partial charge in [-0.1, -0.05) is 6.92 Å². The molecule has 0 fully saturated rings. The van der Waals surface area contributed by atoms with Crippen molar-refractivity contribution in [2.45, 2.75) is 33.2 Å². The van der Waals surface area contributed by atoms with Crippen LogP contribution in [0.2, 0.25) is 0 Å². The normalized spacial score (nSPS) is 11.0. The van der Waals surface area contributed by atoms with Crippen molar-refractivity contribution in [2.24, 2.45) is 0 Å². The third-order valence-corrected chi connectivity index (χ3v) is 4.52. The Morgan fingerprint density at radius 1 is 1.41 bits per heavy atom. The fourth-order valence-corrected chi connectivity index (χ4v) is 3.03. The number of thioether (sulfide) groups is 1. The zero-order valence-electron chi connectivity index (χ0n) is 13.0. The minimum atomic E-state index is -0.246. The Balaban J connectivity index is 1.89. The molecule has 0 saturated heterocycles. The monoisotopic (exact) mass is 322 g/mol. The summed E-state index contributed by atoms with van der Waals surface area (Å²) in [6.45, 7) is 4.56. The van der Waals surface area contributed by atoms with Crippen LogP contribution < -0.4 is 10.9 Å². The highest BCUT2D eigenvalue weighted by atomic mass is 32.2. The molecule has 0 unspecified atom stereocenters. The molecular weight excluding hydrogens is 300 g/mol. The average molecular weight is 322 g/mol. The average Bonchev–Trinajstić information content (AvgIpc) is 2.98. The highest BCUT2D eigenvalue weighted by Gasteiger charge is 2.10. The quantitative estimate of drug-likeness (QED) is 0.747.